The Kier molecular flexibility index (Phi) is 5.46. The number of hydrogen-bond acceptors (Lipinski definition) is 4. The van der Waals surface area contributed by atoms with Gasteiger partial charge in [0.2, 0.25) is 0 Å². The van der Waals surface area contributed by atoms with E-state index in [0.29, 0.717) is 6.10 Å². The lowest BCUT2D eigenvalue weighted by atomic mass is 10.1. The van der Waals surface area contributed by atoms with Gasteiger partial charge < -0.3 is 4.74 Å². The number of hydrogen-bond donors (Lipinski definition) is 0. The minimum atomic E-state index is 0.383. The number of ether oxygens (including phenoxy) is 1. The molecular formula is C19H26N2OS. The van der Waals surface area contributed by atoms with E-state index in [1.165, 1.54) is 34.5 Å². The summed E-state index contributed by atoms with van der Waals surface area (Å²) in [5, 5.41) is 1.16. The number of benzene rings is 1. The first-order valence-electron chi connectivity index (χ1n) is 8.42. The first-order chi connectivity index (χ1) is 11.1. The molecule has 0 amide bonds. The van der Waals surface area contributed by atoms with Crippen molar-refractivity contribution >= 4 is 11.3 Å². The fourth-order valence-electron chi connectivity index (χ4n) is 3.25. The molecule has 1 aliphatic heterocycles. The highest BCUT2D eigenvalue weighted by atomic mass is 32.1. The van der Waals surface area contributed by atoms with Crippen LogP contribution < -0.4 is 0 Å². The van der Waals surface area contributed by atoms with E-state index in [0.717, 1.165) is 31.2 Å². The summed E-state index contributed by atoms with van der Waals surface area (Å²) in [6.07, 6.45) is 2.77. The monoisotopic (exact) mass is 330 g/mol. The molecule has 124 valence electrons. The molecule has 1 fully saturated rings. The Morgan fingerprint density at radius 3 is 2.78 bits per heavy atom. The van der Waals surface area contributed by atoms with E-state index in [-0.39, 0.29) is 0 Å². The summed E-state index contributed by atoms with van der Waals surface area (Å²) < 4.78 is 5.86. The standard InChI is InChI=1S/C19H26N2OS/c1-14-6-4-7-17(10-14)11-21(12-18-8-5-9-22-18)13-19-15(2)20-16(3)23-19/h4,6-7,10,18H,5,8-9,11-13H2,1-3H3. The van der Waals surface area contributed by atoms with Crippen LogP contribution in [-0.4, -0.2) is 29.1 Å². The molecule has 0 aliphatic carbocycles. The van der Waals surface area contributed by atoms with Crippen molar-refractivity contribution < 1.29 is 4.74 Å². The van der Waals surface area contributed by atoms with Gasteiger partial charge in [-0.3, -0.25) is 4.90 Å². The normalized spacial score (nSPS) is 18.0. The lowest BCUT2D eigenvalue weighted by Crippen LogP contribution is -2.31. The highest BCUT2D eigenvalue weighted by Gasteiger charge is 2.20. The Hall–Kier alpha value is -1.23. The highest BCUT2D eigenvalue weighted by Crippen LogP contribution is 2.22. The second-order valence-corrected chi connectivity index (χ2v) is 7.82. The van der Waals surface area contributed by atoms with Crippen LogP contribution in [0.25, 0.3) is 0 Å². The highest BCUT2D eigenvalue weighted by molar-refractivity contribution is 7.11. The third-order valence-corrected chi connectivity index (χ3v) is 5.40. The Bertz CT molecular complexity index is 647. The molecule has 23 heavy (non-hydrogen) atoms. The maximum atomic E-state index is 5.86. The first kappa shape index (κ1) is 16.6. The van der Waals surface area contributed by atoms with Crippen LogP contribution in [0.1, 0.15) is 39.5 Å². The molecule has 0 radical (unpaired) electrons. The van der Waals surface area contributed by atoms with E-state index in [4.69, 9.17) is 4.74 Å². The van der Waals surface area contributed by atoms with Gasteiger partial charge in [0.15, 0.2) is 0 Å². The Morgan fingerprint density at radius 1 is 1.26 bits per heavy atom. The summed E-state index contributed by atoms with van der Waals surface area (Å²) in [6.45, 7) is 10.2. The fourth-order valence-corrected chi connectivity index (χ4v) is 4.23. The van der Waals surface area contributed by atoms with E-state index in [2.05, 4.69) is 54.9 Å². The molecule has 0 saturated carbocycles. The lowest BCUT2D eigenvalue weighted by Gasteiger charge is -2.25. The zero-order chi connectivity index (χ0) is 16.2. The second kappa shape index (κ2) is 7.56. The summed E-state index contributed by atoms with van der Waals surface area (Å²) in [7, 11) is 0. The second-order valence-electron chi connectivity index (χ2n) is 6.54. The average molecular weight is 330 g/mol. The van der Waals surface area contributed by atoms with Crippen LogP contribution in [-0.2, 0) is 17.8 Å². The van der Waals surface area contributed by atoms with Crippen molar-refractivity contribution in [3.05, 3.63) is 51.0 Å². The number of aromatic nitrogens is 1. The van der Waals surface area contributed by atoms with Crippen LogP contribution in [0.3, 0.4) is 0 Å². The molecule has 1 aromatic heterocycles. The largest absolute Gasteiger partial charge is 0.377 e. The fraction of sp³-hybridized carbons (Fsp3) is 0.526. The van der Waals surface area contributed by atoms with E-state index in [1.807, 2.05) is 11.3 Å². The van der Waals surface area contributed by atoms with Gasteiger partial charge in [0.25, 0.3) is 0 Å². The van der Waals surface area contributed by atoms with Crippen molar-refractivity contribution in [3.8, 4) is 0 Å². The molecule has 1 atom stereocenters. The SMILES string of the molecule is Cc1cccc(CN(Cc2sc(C)nc2C)CC2CCCO2)c1. The van der Waals surface area contributed by atoms with Crippen LogP contribution in [0.4, 0.5) is 0 Å². The van der Waals surface area contributed by atoms with Gasteiger partial charge >= 0.3 is 0 Å². The van der Waals surface area contributed by atoms with E-state index >= 15 is 0 Å². The van der Waals surface area contributed by atoms with Gasteiger partial charge in [0, 0.05) is 31.1 Å². The summed E-state index contributed by atoms with van der Waals surface area (Å²) >= 11 is 1.82. The number of thiazole rings is 1. The number of aryl methyl sites for hydroxylation is 3. The van der Waals surface area contributed by atoms with Crippen LogP contribution in [0.2, 0.25) is 0 Å². The molecule has 2 aromatic rings. The van der Waals surface area contributed by atoms with E-state index in [1.54, 1.807) is 0 Å². The van der Waals surface area contributed by atoms with E-state index in [9.17, 15) is 0 Å². The Labute approximate surface area is 143 Å². The molecule has 0 N–H and O–H groups in total. The predicted molar refractivity (Wildman–Crippen MR) is 95.9 cm³/mol. The topological polar surface area (TPSA) is 25.4 Å². The van der Waals surface area contributed by atoms with Crippen molar-refractivity contribution in [2.45, 2.75) is 52.8 Å². The van der Waals surface area contributed by atoms with Gasteiger partial charge in [0.1, 0.15) is 0 Å². The zero-order valence-corrected chi connectivity index (χ0v) is 15.2. The van der Waals surface area contributed by atoms with Gasteiger partial charge in [-0.2, -0.15) is 0 Å². The van der Waals surface area contributed by atoms with Gasteiger partial charge in [0.05, 0.1) is 16.8 Å². The van der Waals surface area contributed by atoms with Crippen LogP contribution >= 0.6 is 11.3 Å². The summed E-state index contributed by atoms with van der Waals surface area (Å²) in [5.41, 5.74) is 3.88. The molecule has 1 aliphatic rings. The zero-order valence-electron chi connectivity index (χ0n) is 14.3. The van der Waals surface area contributed by atoms with Gasteiger partial charge in [-0.25, -0.2) is 4.98 Å². The van der Waals surface area contributed by atoms with Crippen molar-refractivity contribution in [3.63, 3.8) is 0 Å². The molecule has 1 aromatic carbocycles. The maximum Gasteiger partial charge on any atom is 0.0900 e. The Balaban J connectivity index is 1.73. The molecule has 3 nitrogen and oxygen atoms in total. The number of nitrogens with zero attached hydrogens (tertiary/aromatic N) is 2. The smallest absolute Gasteiger partial charge is 0.0900 e. The molecular weight excluding hydrogens is 304 g/mol. The molecule has 1 unspecified atom stereocenters. The minimum absolute atomic E-state index is 0.383. The summed E-state index contributed by atoms with van der Waals surface area (Å²) in [5.74, 6) is 0. The number of rotatable bonds is 6. The molecule has 3 rings (SSSR count). The predicted octanol–water partition coefficient (Wildman–Crippen LogP) is 4.25. The van der Waals surface area contributed by atoms with Gasteiger partial charge in [-0.05, 0) is 39.2 Å². The molecule has 2 heterocycles. The molecule has 0 bridgehead atoms. The van der Waals surface area contributed by atoms with Crippen molar-refractivity contribution in [2.24, 2.45) is 0 Å². The van der Waals surface area contributed by atoms with Crippen molar-refractivity contribution in [1.29, 1.82) is 0 Å². The molecule has 4 heteroatoms. The van der Waals surface area contributed by atoms with E-state index < -0.39 is 0 Å². The van der Waals surface area contributed by atoms with Gasteiger partial charge in [-0.15, -0.1) is 11.3 Å². The molecule has 1 saturated heterocycles. The summed E-state index contributed by atoms with van der Waals surface area (Å²) in [6, 6.07) is 8.81. The molecule has 0 spiro atoms. The lowest BCUT2D eigenvalue weighted by molar-refractivity contribution is 0.0682. The first-order valence-corrected chi connectivity index (χ1v) is 9.24. The maximum absolute atomic E-state index is 5.86. The Morgan fingerprint density at radius 2 is 2.13 bits per heavy atom. The minimum Gasteiger partial charge on any atom is -0.377 e. The van der Waals surface area contributed by atoms with Crippen LogP contribution in [0, 0.1) is 20.8 Å². The third kappa shape index (κ3) is 4.63. The van der Waals surface area contributed by atoms with Crippen LogP contribution in [0.15, 0.2) is 24.3 Å². The average Bonchev–Trinajstić information content (AvgIpc) is 3.09. The summed E-state index contributed by atoms with van der Waals surface area (Å²) in [4.78, 5) is 8.48. The quantitative estimate of drug-likeness (QED) is 0.792. The van der Waals surface area contributed by atoms with Crippen molar-refractivity contribution in [1.82, 2.24) is 9.88 Å². The third-order valence-electron chi connectivity index (χ3n) is 4.34. The van der Waals surface area contributed by atoms with Crippen molar-refractivity contribution in [2.75, 3.05) is 13.2 Å². The van der Waals surface area contributed by atoms with Gasteiger partial charge in [-0.1, -0.05) is 29.8 Å². The van der Waals surface area contributed by atoms with Crippen LogP contribution in [0.5, 0.6) is 0 Å².